The SMILES string of the molecule is CNC(C)C1CC(=O)C1.Cl. The van der Waals surface area contributed by atoms with Gasteiger partial charge in [-0.3, -0.25) is 4.79 Å². The van der Waals surface area contributed by atoms with Gasteiger partial charge in [-0.05, 0) is 19.9 Å². The van der Waals surface area contributed by atoms with E-state index < -0.39 is 0 Å². The molecule has 0 bridgehead atoms. The lowest BCUT2D eigenvalue weighted by atomic mass is 9.79. The molecule has 1 fully saturated rings. The summed E-state index contributed by atoms with van der Waals surface area (Å²) in [6.07, 6.45) is 1.59. The third kappa shape index (κ3) is 1.96. The van der Waals surface area contributed by atoms with Crippen molar-refractivity contribution in [3.8, 4) is 0 Å². The Morgan fingerprint density at radius 3 is 2.40 bits per heavy atom. The smallest absolute Gasteiger partial charge is 0.133 e. The number of nitrogens with one attached hydrogen (secondary N) is 1. The summed E-state index contributed by atoms with van der Waals surface area (Å²) < 4.78 is 0. The van der Waals surface area contributed by atoms with Crippen molar-refractivity contribution in [1.82, 2.24) is 5.32 Å². The minimum Gasteiger partial charge on any atom is -0.317 e. The van der Waals surface area contributed by atoms with Crippen LogP contribution in [0.4, 0.5) is 0 Å². The Hall–Kier alpha value is -0.0800. The van der Waals surface area contributed by atoms with E-state index in [9.17, 15) is 4.79 Å². The third-order valence-electron chi connectivity index (χ3n) is 2.14. The standard InChI is InChI=1S/C7H13NO.ClH/c1-5(8-2)6-3-7(9)4-6;/h5-6,8H,3-4H2,1-2H3;1H. The number of rotatable bonds is 2. The quantitative estimate of drug-likeness (QED) is 0.658. The van der Waals surface area contributed by atoms with Gasteiger partial charge >= 0.3 is 0 Å². The van der Waals surface area contributed by atoms with E-state index in [1.54, 1.807) is 0 Å². The van der Waals surface area contributed by atoms with Gasteiger partial charge in [0, 0.05) is 18.9 Å². The van der Waals surface area contributed by atoms with Gasteiger partial charge in [0.2, 0.25) is 0 Å². The summed E-state index contributed by atoms with van der Waals surface area (Å²) in [6, 6.07) is 0.516. The highest BCUT2D eigenvalue weighted by atomic mass is 35.5. The van der Waals surface area contributed by atoms with Crippen molar-refractivity contribution in [3.63, 3.8) is 0 Å². The minimum absolute atomic E-state index is 0. The second kappa shape index (κ2) is 3.94. The van der Waals surface area contributed by atoms with E-state index in [1.807, 2.05) is 7.05 Å². The van der Waals surface area contributed by atoms with E-state index in [0.717, 1.165) is 12.8 Å². The van der Waals surface area contributed by atoms with Crippen LogP contribution in [-0.4, -0.2) is 18.9 Å². The van der Waals surface area contributed by atoms with Gasteiger partial charge in [-0.1, -0.05) is 0 Å². The number of hydrogen-bond acceptors (Lipinski definition) is 2. The highest BCUT2D eigenvalue weighted by molar-refractivity contribution is 5.85. The molecule has 10 heavy (non-hydrogen) atoms. The number of carbonyl (C=O) groups is 1. The van der Waals surface area contributed by atoms with Crippen molar-refractivity contribution in [2.45, 2.75) is 25.8 Å². The van der Waals surface area contributed by atoms with Gasteiger partial charge in [0.1, 0.15) is 5.78 Å². The molecule has 0 aromatic heterocycles. The maximum atomic E-state index is 10.5. The number of hydrogen-bond donors (Lipinski definition) is 1. The summed E-state index contributed by atoms with van der Waals surface area (Å²) in [7, 11) is 1.94. The Kier molecular flexibility index (Phi) is 3.91. The van der Waals surface area contributed by atoms with E-state index in [4.69, 9.17) is 0 Å². The third-order valence-corrected chi connectivity index (χ3v) is 2.14. The van der Waals surface area contributed by atoms with Crippen LogP contribution in [0.5, 0.6) is 0 Å². The Bertz CT molecular complexity index is 119. The van der Waals surface area contributed by atoms with Crippen LogP contribution in [0.3, 0.4) is 0 Å². The van der Waals surface area contributed by atoms with Gasteiger partial charge in [0.05, 0.1) is 0 Å². The topological polar surface area (TPSA) is 29.1 Å². The molecule has 0 spiro atoms. The zero-order valence-corrected chi connectivity index (χ0v) is 7.20. The molecule has 1 aliphatic carbocycles. The highest BCUT2D eigenvalue weighted by Crippen LogP contribution is 2.25. The minimum atomic E-state index is 0. The zero-order chi connectivity index (χ0) is 6.85. The molecule has 0 amide bonds. The second-order valence-electron chi connectivity index (χ2n) is 2.78. The first-order valence-electron chi connectivity index (χ1n) is 3.43. The van der Waals surface area contributed by atoms with E-state index >= 15 is 0 Å². The number of ketones is 1. The summed E-state index contributed by atoms with van der Waals surface area (Å²) in [5.74, 6) is 1.03. The fourth-order valence-electron chi connectivity index (χ4n) is 1.11. The van der Waals surface area contributed by atoms with Crippen molar-refractivity contribution >= 4 is 18.2 Å². The predicted molar refractivity (Wildman–Crippen MR) is 43.5 cm³/mol. The average Bonchev–Trinajstić information content (AvgIpc) is 1.79. The Morgan fingerprint density at radius 2 is 2.10 bits per heavy atom. The maximum absolute atomic E-state index is 10.5. The number of halogens is 1. The lowest BCUT2D eigenvalue weighted by Crippen LogP contribution is -2.39. The molecule has 1 atom stereocenters. The summed E-state index contributed by atoms with van der Waals surface area (Å²) in [5, 5.41) is 3.14. The first-order chi connectivity index (χ1) is 4.24. The lowest BCUT2D eigenvalue weighted by molar-refractivity contribution is -0.127. The van der Waals surface area contributed by atoms with Gasteiger partial charge < -0.3 is 5.32 Å². The van der Waals surface area contributed by atoms with Crippen LogP contribution < -0.4 is 5.32 Å². The first kappa shape index (κ1) is 9.92. The Labute approximate surface area is 67.8 Å². The molecule has 0 saturated heterocycles. The monoisotopic (exact) mass is 163 g/mol. The molecule has 3 heteroatoms. The fraction of sp³-hybridized carbons (Fsp3) is 0.857. The summed E-state index contributed by atoms with van der Waals surface area (Å²) in [4.78, 5) is 10.5. The molecule has 0 radical (unpaired) electrons. The summed E-state index contributed by atoms with van der Waals surface area (Å²) >= 11 is 0. The molecule has 1 aliphatic rings. The Balaban J connectivity index is 0.000000810. The van der Waals surface area contributed by atoms with Crippen LogP contribution in [-0.2, 0) is 4.79 Å². The zero-order valence-electron chi connectivity index (χ0n) is 6.39. The molecule has 0 aromatic carbocycles. The molecule has 1 rings (SSSR count). The van der Waals surface area contributed by atoms with Gasteiger partial charge in [-0.2, -0.15) is 0 Å². The maximum Gasteiger partial charge on any atom is 0.133 e. The van der Waals surface area contributed by atoms with Crippen molar-refractivity contribution in [2.24, 2.45) is 5.92 Å². The van der Waals surface area contributed by atoms with E-state index in [-0.39, 0.29) is 12.4 Å². The molecule has 2 nitrogen and oxygen atoms in total. The van der Waals surface area contributed by atoms with Crippen molar-refractivity contribution in [2.75, 3.05) is 7.05 Å². The van der Waals surface area contributed by atoms with Gasteiger partial charge in [-0.25, -0.2) is 0 Å². The van der Waals surface area contributed by atoms with Crippen LogP contribution in [0.25, 0.3) is 0 Å². The molecule has 1 unspecified atom stereocenters. The average molecular weight is 164 g/mol. The lowest BCUT2D eigenvalue weighted by Gasteiger charge is -2.29. The summed E-state index contributed by atoms with van der Waals surface area (Å²) in [5.41, 5.74) is 0. The van der Waals surface area contributed by atoms with Gasteiger partial charge in [0.25, 0.3) is 0 Å². The van der Waals surface area contributed by atoms with Crippen LogP contribution in [0.2, 0.25) is 0 Å². The number of carbonyl (C=O) groups excluding carboxylic acids is 1. The fourth-order valence-corrected chi connectivity index (χ4v) is 1.11. The summed E-state index contributed by atoms with van der Waals surface area (Å²) in [6.45, 7) is 2.12. The normalized spacial score (nSPS) is 21.2. The number of Topliss-reactive ketones (excluding diaryl/α,β-unsaturated/α-hetero) is 1. The molecule has 1 saturated carbocycles. The van der Waals surface area contributed by atoms with E-state index in [1.165, 1.54) is 0 Å². The molecular formula is C7H14ClNO. The first-order valence-corrected chi connectivity index (χ1v) is 3.43. The molecule has 60 valence electrons. The predicted octanol–water partition coefficient (Wildman–Crippen LogP) is 0.995. The molecular weight excluding hydrogens is 150 g/mol. The van der Waals surface area contributed by atoms with E-state index in [2.05, 4.69) is 12.2 Å². The van der Waals surface area contributed by atoms with Crippen LogP contribution in [0.15, 0.2) is 0 Å². The second-order valence-corrected chi connectivity index (χ2v) is 2.78. The van der Waals surface area contributed by atoms with E-state index in [0.29, 0.717) is 17.7 Å². The Morgan fingerprint density at radius 1 is 1.60 bits per heavy atom. The molecule has 0 aliphatic heterocycles. The largest absolute Gasteiger partial charge is 0.317 e. The molecule has 0 aromatic rings. The highest BCUT2D eigenvalue weighted by Gasteiger charge is 2.29. The van der Waals surface area contributed by atoms with Crippen molar-refractivity contribution < 1.29 is 4.79 Å². The molecule has 0 heterocycles. The van der Waals surface area contributed by atoms with Crippen LogP contribution in [0, 0.1) is 5.92 Å². The van der Waals surface area contributed by atoms with Gasteiger partial charge in [0.15, 0.2) is 0 Å². The van der Waals surface area contributed by atoms with Crippen LogP contribution >= 0.6 is 12.4 Å². The van der Waals surface area contributed by atoms with Crippen molar-refractivity contribution in [1.29, 1.82) is 0 Å². The van der Waals surface area contributed by atoms with Crippen LogP contribution in [0.1, 0.15) is 19.8 Å². The molecule has 1 N–H and O–H groups in total. The van der Waals surface area contributed by atoms with Gasteiger partial charge in [-0.15, -0.1) is 12.4 Å². The van der Waals surface area contributed by atoms with Crippen molar-refractivity contribution in [3.05, 3.63) is 0 Å².